The zero-order valence-corrected chi connectivity index (χ0v) is 11.1. The van der Waals surface area contributed by atoms with Crippen molar-refractivity contribution in [2.75, 3.05) is 18.6 Å². The molecule has 0 radical (unpaired) electrons. The summed E-state index contributed by atoms with van der Waals surface area (Å²) in [4.78, 5) is 0. The lowest BCUT2D eigenvalue weighted by atomic mass is 9.95. The van der Waals surface area contributed by atoms with Gasteiger partial charge in [0.1, 0.15) is 0 Å². The van der Waals surface area contributed by atoms with Crippen LogP contribution in [0.15, 0.2) is 12.2 Å². The first-order valence-electron chi connectivity index (χ1n) is 5.95. The van der Waals surface area contributed by atoms with E-state index in [2.05, 4.69) is 11.9 Å². The predicted octanol–water partition coefficient (Wildman–Crippen LogP) is 1.76. The van der Waals surface area contributed by atoms with Crippen LogP contribution in [0.3, 0.4) is 0 Å². The Morgan fingerprint density at radius 2 is 2.25 bits per heavy atom. The van der Waals surface area contributed by atoms with Crippen LogP contribution < -0.4 is 5.32 Å². The Kier molecular flexibility index (Phi) is 4.99. The van der Waals surface area contributed by atoms with Gasteiger partial charge in [0.15, 0.2) is 9.84 Å². The van der Waals surface area contributed by atoms with Crippen LogP contribution in [-0.4, -0.2) is 33.0 Å². The molecule has 3 nitrogen and oxygen atoms in total. The monoisotopic (exact) mass is 245 g/mol. The highest BCUT2D eigenvalue weighted by atomic mass is 32.2. The maximum Gasteiger partial charge on any atom is 0.150 e. The molecule has 0 saturated carbocycles. The summed E-state index contributed by atoms with van der Waals surface area (Å²) < 4.78 is 22.7. The summed E-state index contributed by atoms with van der Waals surface area (Å²) in [7, 11) is -0.775. The van der Waals surface area contributed by atoms with E-state index in [9.17, 15) is 8.42 Å². The molecule has 0 amide bonds. The van der Waals surface area contributed by atoms with Crippen LogP contribution >= 0.6 is 0 Å². The number of nitrogens with one attached hydrogen (secondary N) is 1. The van der Waals surface area contributed by atoms with Gasteiger partial charge in [-0.3, -0.25) is 0 Å². The Balaban J connectivity index is 2.36. The lowest BCUT2D eigenvalue weighted by molar-refractivity contribution is 0.407. The minimum absolute atomic E-state index is 0.354. The van der Waals surface area contributed by atoms with E-state index in [0.29, 0.717) is 23.5 Å². The van der Waals surface area contributed by atoms with Crippen molar-refractivity contribution in [2.45, 2.75) is 38.6 Å². The smallest absolute Gasteiger partial charge is 0.150 e. The Labute approximate surface area is 99.2 Å². The maximum absolute atomic E-state index is 11.3. The number of allylic oxidation sites excluding steroid dienone is 1. The summed E-state index contributed by atoms with van der Waals surface area (Å²) in [5, 5.41) is 3.28. The molecule has 1 rings (SSSR count). The molecule has 2 unspecified atom stereocenters. The highest BCUT2D eigenvalue weighted by Crippen LogP contribution is 2.24. The van der Waals surface area contributed by atoms with Crippen LogP contribution in [0.4, 0.5) is 0 Å². The van der Waals surface area contributed by atoms with E-state index >= 15 is 0 Å². The number of hydrogen-bond donors (Lipinski definition) is 1. The van der Waals surface area contributed by atoms with E-state index in [1.165, 1.54) is 5.57 Å². The van der Waals surface area contributed by atoms with Gasteiger partial charge in [0.2, 0.25) is 0 Å². The fraction of sp³-hybridized carbons (Fsp3) is 0.833. The lowest BCUT2D eigenvalue weighted by Crippen LogP contribution is -2.28. The fourth-order valence-corrected chi connectivity index (χ4v) is 4.14. The molecule has 1 saturated heterocycles. The summed E-state index contributed by atoms with van der Waals surface area (Å²) in [6, 6.07) is 0.426. The first-order chi connectivity index (χ1) is 7.43. The Morgan fingerprint density at radius 1 is 1.56 bits per heavy atom. The van der Waals surface area contributed by atoms with Gasteiger partial charge >= 0.3 is 0 Å². The molecule has 1 heterocycles. The van der Waals surface area contributed by atoms with E-state index in [1.54, 1.807) is 0 Å². The van der Waals surface area contributed by atoms with Crippen LogP contribution in [0.1, 0.15) is 32.6 Å². The zero-order valence-electron chi connectivity index (χ0n) is 10.3. The second-order valence-corrected chi connectivity index (χ2v) is 7.21. The van der Waals surface area contributed by atoms with Gasteiger partial charge < -0.3 is 5.32 Å². The molecular formula is C12H23NO2S. The molecule has 0 spiro atoms. The lowest BCUT2D eigenvalue weighted by Gasteiger charge is -2.19. The zero-order chi connectivity index (χ0) is 12.2. The van der Waals surface area contributed by atoms with Crippen molar-refractivity contribution in [3.05, 3.63) is 12.2 Å². The van der Waals surface area contributed by atoms with Crippen LogP contribution in [0.25, 0.3) is 0 Å². The molecule has 2 atom stereocenters. The van der Waals surface area contributed by atoms with Crippen molar-refractivity contribution in [2.24, 2.45) is 5.92 Å². The van der Waals surface area contributed by atoms with E-state index < -0.39 is 9.84 Å². The third-order valence-corrected chi connectivity index (χ3v) is 5.11. The highest BCUT2D eigenvalue weighted by molar-refractivity contribution is 7.91. The maximum atomic E-state index is 11.3. The molecule has 16 heavy (non-hydrogen) atoms. The average molecular weight is 245 g/mol. The molecular weight excluding hydrogens is 222 g/mol. The van der Waals surface area contributed by atoms with E-state index in [1.807, 2.05) is 14.0 Å². The molecule has 1 N–H and O–H groups in total. The Hall–Kier alpha value is -0.350. The highest BCUT2D eigenvalue weighted by Gasteiger charge is 2.29. The molecule has 1 aliphatic heterocycles. The summed E-state index contributed by atoms with van der Waals surface area (Å²) in [6.45, 7) is 5.93. The van der Waals surface area contributed by atoms with Crippen molar-refractivity contribution in [1.82, 2.24) is 5.32 Å². The Morgan fingerprint density at radius 3 is 2.69 bits per heavy atom. The summed E-state index contributed by atoms with van der Waals surface area (Å²) in [5.41, 5.74) is 1.19. The van der Waals surface area contributed by atoms with Crippen LogP contribution in [0.2, 0.25) is 0 Å². The standard InChI is InChI=1S/C12H23NO2S/c1-10(2)4-5-12(13-3)8-11-6-7-16(14,15)9-11/h11-13H,1,4-9H2,2-3H3. The molecule has 1 fully saturated rings. The molecule has 4 heteroatoms. The van der Waals surface area contributed by atoms with Gasteiger partial charge in [0, 0.05) is 6.04 Å². The molecule has 0 aliphatic carbocycles. The fourth-order valence-electron chi connectivity index (χ4n) is 2.26. The Bertz CT molecular complexity index is 335. The van der Waals surface area contributed by atoms with Gasteiger partial charge in [-0.25, -0.2) is 8.42 Å². The van der Waals surface area contributed by atoms with Crippen LogP contribution in [0, 0.1) is 5.92 Å². The van der Waals surface area contributed by atoms with Gasteiger partial charge in [-0.2, -0.15) is 0 Å². The number of hydrogen-bond acceptors (Lipinski definition) is 3. The molecule has 0 bridgehead atoms. The van der Waals surface area contributed by atoms with E-state index in [0.717, 1.165) is 25.7 Å². The summed E-state index contributed by atoms with van der Waals surface area (Å²) in [5.74, 6) is 1.12. The normalized spacial score (nSPS) is 25.5. The van der Waals surface area contributed by atoms with Gasteiger partial charge in [-0.05, 0) is 45.6 Å². The predicted molar refractivity (Wildman–Crippen MR) is 68.3 cm³/mol. The summed E-state index contributed by atoms with van der Waals surface area (Å²) in [6.07, 6.45) is 3.89. The molecule has 0 aromatic rings. The van der Waals surface area contributed by atoms with E-state index in [4.69, 9.17) is 0 Å². The summed E-state index contributed by atoms with van der Waals surface area (Å²) >= 11 is 0. The second-order valence-electron chi connectivity index (χ2n) is 4.99. The average Bonchev–Trinajstić information content (AvgIpc) is 2.52. The van der Waals surface area contributed by atoms with Crippen LogP contribution in [-0.2, 0) is 9.84 Å². The number of sulfone groups is 1. The third kappa shape index (κ3) is 4.66. The minimum Gasteiger partial charge on any atom is -0.317 e. The van der Waals surface area contributed by atoms with Crippen molar-refractivity contribution in [3.8, 4) is 0 Å². The van der Waals surface area contributed by atoms with Crippen molar-refractivity contribution >= 4 is 9.84 Å². The van der Waals surface area contributed by atoms with Crippen LogP contribution in [0.5, 0.6) is 0 Å². The molecule has 1 aliphatic rings. The first kappa shape index (κ1) is 13.7. The van der Waals surface area contributed by atoms with Crippen molar-refractivity contribution < 1.29 is 8.42 Å². The van der Waals surface area contributed by atoms with Gasteiger partial charge in [0.05, 0.1) is 11.5 Å². The topological polar surface area (TPSA) is 46.2 Å². The molecule has 0 aromatic carbocycles. The van der Waals surface area contributed by atoms with Gasteiger partial charge in [0.25, 0.3) is 0 Å². The van der Waals surface area contributed by atoms with E-state index in [-0.39, 0.29) is 0 Å². The SMILES string of the molecule is C=C(C)CCC(CC1CCS(=O)(=O)C1)NC. The van der Waals surface area contributed by atoms with Gasteiger partial charge in [-0.15, -0.1) is 6.58 Å². The first-order valence-corrected chi connectivity index (χ1v) is 7.77. The quantitative estimate of drug-likeness (QED) is 0.725. The van der Waals surface area contributed by atoms with Gasteiger partial charge in [-0.1, -0.05) is 5.57 Å². The van der Waals surface area contributed by atoms with Crippen molar-refractivity contribution in [1.29, 1.82) is 0 Å². The molecule has 94 valence electrons. The second kappa shape index (κ2) is 5.82. The largest absolute Gasteiger partial charge is 0.317 e. The number of rotatable bonds is 6. The minimum atomic E-state index is -2.73. The van der Waals surface area contributed by atoms with Crippen molar-refractivity contribution in [3.63, 3.8) is 0 Å². The molecule has 0 aromatic heterocycles. The third-order valence-electron chi connectivity index (χ3n) is 3.27.